The lowest BCUT2D eigenvalue weighted by Gasteiger charge is -2.34. The van der Waals surface area contributed by atoms with Crippen molar-refractivity contribution in [3.05, 3.63) is 35.4 Å². The Balaban J connectivity index is 1.59. The number of anilines is 1. The number of Topliss-reactive ketones (excluding diaryl/α,β-unsaturated/α-hetero) is 1. The molecule has 0 spiro atoms. The monoisotopic (exact) mass is 371 g/mol. The van der Waals surface area contributed by atoms with E-state index in [1.807, 2.05) is 6.07 Å². The number of hydrogen-bond donors (Lipinski definition) is 0. The molecule has 27 heavy (non-hydrogen) atoms. The van der Waals surface area contributed by atoms with E-state index in [1.165, 1.54) is 5.69 Å². The van der Waals surface area contributed by atoms with Crippen LogP contribution in [-0.2, 0) is 6.54 Å². The molecular formula is C20H29N5O2. The molecule has 3 heterocycles. The summed E-state index contributed by atoms with van der Waals surface area (Å²) in [4.78, 5) is 25.9. The number of aryl methyl sites for hydroxylation is 1. The molecule has 0 unspecified atom stereocenters. The van der Waals surface area contributed by atoms with Gasteiger partial charge in [-0.3, -0.25) is 14.7 Å². The molecule has 2 aromatic heterocycles. The van der Waals surface area contributed by atoms with Gasteiger partial charge in [0.1, 0.15) is 0 Å². The second kappa shape index (κ2) is 8.52. The Morgan fingerprint density at radius 3 is 2.59 bits per heavy atom. The molecule has 0 aliphatic carbocycles. The van der Waals surface area contributed by atoms with E-state index in [2.05, 4.69) is 45.1 Å². The summed E-state index contributed by atoms with van der Waals surface area (Å²) in [5.41, 5.74) is 3.12. The number of ether oxygens (including phenoxy) is 1. The Morgan fingerprint density at radius 2 is 1.93 bits per heavy atom. The Morgan fingerprint density at radius 1 is 1.19 bits per heavy atom. The summed E-state index contributed by atoms with van der Waals surface area (Å²) in [5, 5.41) is 0. The van der Waals surface area contributed by atoms with Crippen molar-refractivity contribution in [1.29, 1.82) is 0 Å². The van der Waals surface area contributed by atoms with Crippen LogP contribution in [0, 0.1) is 13.8 Å². The number of rotatable bonds is 7. The first-order valence-electron chi connectivity index (χ1n) is 9.56. The van der Waals surface area contributed by atoms with Crippen LogP contribution in [0.15, 0.2) is 18.5 Å². The fourth-order valence-corrected chi connectivity index (χ4v) is 3.66. The maximum atomic E-state index is 12.8. The largest absolute Gasteiger partial charge is 0.480 e. The van der Waals surface area contributed by atoms with Gasteiger partial charge in [0.05, 0.1) is 26.0 Å². The number of ketones is 1. The highest BCUT2D eigenvalue weighted by Gasteiger charge is 2.23. The third-order valence-electron chi connectivity index (χ3n) is 5.19. The van der Waals surface area contributed by atoms with E-state index < -0.39 is 0 Å². The van der Waals surface area contributed by atoms with Crippen LogP contribution >= 0.6 is 0 Å². The van der Waals surface area contributed by atoms with Gasteiger partial charge in [-0.2, -0.15) is 4.98 Å². The minimum absolute atomic E-state index is 0.208. The summed E-state index contributed by atoms with van der Waals surface area (Å²) in [6, 6.07) is 2.04. The molecule has 3 rings (SSSR count). The SMILES string of the molecule is CCCn1c(C)cc(C(=O)CN2CCN(c3cncc(OC)n3)CC2)c1C. The third-order valence-corrected chi connectivity index (χ3v) is 5.19. The Kier molecular flexibility index (Phi) is 6.11. The van der Waals surface area contributed by atoms with Gasteiger partial charge in [-0.1, -0.05) is 6.92 Å². The van der Waals surface area contributed by atoms with Crippen molar-refractivity contribution in [2.45, 2.75) is 33.7 Å². The lowest BCUT2D eigenvalue weighted by molar-refractivity contribution is 0.0925. The fourth-order valence-electron chi connectivity index (χ4n) is 3.66. The van der Waals surface area contributed by atoms with Crippen LogP contribution in [0.1, 0.15) is 35.1 Å². The molecule has 2 aromatic rings. The molecule has 146 valence electrons. The van der Waals surface area contributed by atoms with Gasteiger partial charge in [-0.25, -0.2) is 0 Å². The van der Waals surface area contributed by atoms with Crippen molar-refractivity contribution >= 4 is 11.6 Å². The maximum Gasteiger partial charge on any atom is 0.233 e. The van der Waals surface area contributed by atoms with Gasteiger partial charge in [-0.05, 0) is 26.3 Å². The quantitative estimate of drug-likeness (QED) is 0.696. The summed E-state index contributed by atoms with van der Waals surface area (Å²) >= 11 is 0. The van der Waals surface area contributed by atoms with E-state index >= 15 is 0 Å². The van der Waals surface area contributed by atoms with Gasteiger partial charge < -0.3 is 14.2 Å². The number of aromatic nitrogens is 3. The number of carbonyl (C=O) groups is 1. The molecule has 0 aromatic carbocycles. The second-order valence-electron chi connectivity index (χ2n) is 7.04. The smallest absolute Gasteiger partial charge is 0.233 e. The molecule has 1 fully saturated rings. The highest BCUT2D eigenvalue weighted by atomic mass is 16.5. The third kappa shape index (κ3) is 4.30. The highest BCUT2D eigenvalue weighted by Crippen LogP contribution is 2.19. The molecule has 1 aliphatic rings. The van der Waals surface area contributed by atoms with Crippen LogP contribution in [0.2, 0.25) is 0 Å². The minimum atomic E-state index is 0.208. The molecular weight excluding hydrogens is 342 g/mol. The summed E-state index contributed by atoms with van der Waals surface area (Å²) in [5.74, 6) is 1.55. The van der Waals surface area contributed by atoms with Gasteiger partial charge in [0.15, 0.2) is 11.6 Å². The number of hydrogen-bond acceptors (Lipinski definition) is 6. The van der Waals surface area contributed by atoms with Crippen molar-refractivity contribution in [2.75, 3.05) is 44.7 Å². The zero-order chi connectivity index (χ0) is 19.4. The topological polar surface area (TPSA) is 63.5 Å². The van der Waals surface area contributed by atoms with Crippen LogP contribution in [0.4, 0.5) is 5.82 Å². The molecule has 1 aliphatic heterocycles. The summed E-state index contributed by atoms with van der Waals surface area (Å²) in [7, 11) is 1.59. The number of carbonyl (C=O) groups excluding carboxylic acids is 1. The van der Waals surface area contributed by atoms with Gasteiger partial charge in [0.2, 0.25) is 5.88 Å². The van der Waals surface area contributed by atoms with Crippen LogP contribution < -0.4 is 9.64 Å². The predicted molar refractivity (Wildman–Crippen MR) is 106 cm³/mol. The molecule has 7 heteroatoms. The lowest BCUT2D eigenvalue weighted by atomic mass is 10.1. The number of piperazine rings is 1. The van der Waals surface area contributed by atoms with E-state index in [4.69, 9.17) is 4.74 Å². The molecule has 7 nitrogen and oxygen atoms in total. The average molecular weight is 371 g/mol. The van der Waals surface area contributed by atoms with Crippen LogP contribution in [0.5, 0.6) is 5.88 Å². The summed E-state index contributed by atoms with van der Waals surface area (Å²) < 4.78 is 7.39. The summed E-state index contributed by atoms with van der Waals surface area (Å²) in [6.07, 6.45) is 4.43. The molecule has 1 saturated heterocycles. The normalized spacial score (nSPS) is 15.2. The van der Waals surface area contributed by atoms with Gasteiger partial charge in [-0.15, -0.1) is 0 Å². The fraction of sp³-hybridized carbons (Fsp3) is 0.550. The Bertz CT molecular complexity index is 794. The molecule has 0 N–H and O–H groups in total. The van der Waals surface area contributed by atoms with Gasteiger partial charge >= 0.3 is 0 Å². The van der Waals surface area contributed by atoms with Crippen LogP contribution in [-0.4, -0.2) is 65.1 Å². The van der Waals surface area contributed by atoms with E-state index in [1.54, 1.807) is 19.5 Å². The minimum Gasteiger partial charge on any atom is -0.480 e. The number of methoxy groups -OCH3 is 1. The van der Waals surface area contributed by atoms with Crippen LogP contribution in [0.25, 0.3) is 0 Å². The molecule has 0 bridgehead atoms. The zero-order valence-electron chi connectivity index (χ0n) is 16.7. The van der Waals surface area contributed by atoms with Crippen molar-refractivity contribution in [1.82, 2.24) is 19.4 Å². The summed E-state index contributed by atoms with van der Waals surface area (Å²) in [6.45, 7) is 11.0. The highest BCUT2D eigenvalue weighted by molar-refractivity contribution is 5.99. The standard InChI is InChI=1S/C20H29N5O2/c1-5-6-25-15(2)11-17(16(25)3)18(26)14-23-7-9-24(10-8-23)19-12-21-13-20(22-19)27-4/h11-13H,5-10,14H2,1-4H3. The van der Waals surface area contributed by atoms with Crippen LogP contribution in [0.3, 0.4) is 0 Å². The molecule has 0 amide bonds. The first-order valence-corrected chi connectivity index (χ1v) is 9.56. The average Bonchev–Trinajstić information content (AvgIpc) is 2.97. The first kappa shape index (κ1) is 19.4. The van der Waals surface area contributed by atoms with Gasteiger partial charge in [0, 0.05) is 49.7 Å². The Hall–Kier alpha value is -2.41. The maximum absolute atomic E-state index is 12.8. The lowest BCUT2D eigenvalue weighted by Crippen LogP contribution is -2.48. The predicted octanol–water partition coefficient (Wildman–Crippen LogP) is 2.32. The second-order valence-corrected chi connectivity index (χ2v) is 7.04. The van der Waals surface area contributed by atoms with E-state index in [0.717, 1.165) is 56.2 Å². The van der Waals surface area contributed by atoms with Crippen molar-refractivity contribution in [3.63, 3.8) is 0 Å². The van der Waals surface area contributed by atoms with E-state index in [0.29, 0.717) is 12.4 Å². The van der Waals surface area contributed by atoms with Gasteiger partial charge in [0.25, 0.3) is 0 Å². The van der Waals surface area contributed by atoms with Crippen molar-refractivity contribution < 1.29 is 9.53 Å². The molecule has 0 atom stereocenters. The molecule has 0 saturated carbocycles. The van der Waals surface area contributed by atoms with E-state index in [-0.39, 0.29) is 5.78 Å². The molecule has 0 radical (unpaired) electrons. The first-order chi connectivity index (χ1) is 13.0. The van der Waals surface area contributed by atoms with E-state index in [9.17, 15) is 4.79 Å². The van der Waals surface area contributed by atoms with Crippen molar-refractivity contribution in [2.24, 2.45) is 0 Å². The van der Waals surface area contributed by atoms with Crippen molar-refractivity contribution in [3.8, 4) is 5.88 Å². The number of nitrogens with zero attached hydrogens (tertiary/aromatic N) is 5. The zero-order valence-corrected chi connectivity index (χ0v) is 16.7. The Labute approximate surface area is 161 Å².